The molecule has 0 bridgehead atoms. The molecule has 2 aromatic heterocycles. The first kappa shape index (κ1) is 19.5. The fourth-order valence-electron chi connectivity index (χ4n) is 2.96. The molecule has 0 fully saturated rings. The molecule has 148 valence electrons. The van der Waals surface area contributed by atoms with Crippen LogP contribution in [0.1, 0.15) is 11.1 Å². The van der Waals surface area contributed by atoms with Gasteiger partial charge in [0.2, 0.25) is 0 Å². The largest absolute Gasteiger partial charge is 0.497 e. The second-order valence-corrected chi connectivity index (χ2v) is 8.26. The summed E-state index contributed by atoms with van der Waals surface area (Å²) < 4.78 is 12.9. The van der Waals surface area contributed by atoms with Crippen LogP contribution in [-0.4, -0.2) is 23.8 Å². The normalized spacial score (nSPS) is 11.0. The number of aromatic nitrogens is 2. The molecular formula is C22H20N2O3S2. The average molecular weight is 425 g/mol. The molecule has 0 aliphatic carbocycles. The van der Waals surface area contributed by atoms with Crippen molar-refractivity contribution in [3.8, 4) is 11.5 Å². The van der Waals surface area contributed by atoms with Crippen molar-refractivity contribution >= 4 is 33.3 Å². The monoisotopic (exact) mass is 424 g/mol. The van der Waals surface area contributed by atoms with Crippen molar-refractivity contribution in [2.24, 2.45) is 0 Å². The van der Waals surface area contributed by atoms with E-state index in [1.807, 2.05) is 60.0 Å². The van der Waals surface area contributed by atoms with E-state index in [0.29, 0.717) is 22.2 Å². The highest BCUT2D eigenvalue weighted by molar-refractivity contribution is 7.98. The van der Waals surface area contributed by atoms with Gasteiger partial charge in [0.15, 0.2) is 5.16 Å². The van der Waals surface area contributed by atoms with Crippen molar-refractivity contribution in [1.29, 1.82) is 0 Å². The minimum Gasteiger partial charge on any atom is -0.497 e. The zero-order chi connectivity index (χ0) is 20.2. The van der Waals surface area contributed by atoms with Crippen LogP contribution in [0.2, 0.25) is 0 Å². The molecule has 0 unspecified atom stereocenters. The molecule has 4 rings (SSSR count). The predicted molar refractivity (Wildman–Crippen MR) is 119 cm³/mol. The van der Waals surface area contributed by atoms with Gasteiger partial charge >= 0.3 is 0 Å². The lowest BCUT2D eigenvalue weighted by Crippen LogP contribution is -2.23. The lowest BCUT2D eigenvalue weighted by molar-refractivity contribution is 0.414. The number of ether oxygens (including phenoxy) is 2. The summed E-state index contributed by atoms with van der Waals surface area (Å²) in [5, 5.41) is 2.63. The van der Waals surface area contributed by atoms with Crippen LogP contribution in [0.5, 0.6) is 11.5 Å². The molecule has 7 heteroatoms. The van der Waals surface area contributed by atoms with Gasteiger partial charge in [-0.2, -0.15) is 0 Å². The van der Waals surface area contributed by atoms with Gasteiger partial charge in [0, 0.05) is 5.75 Å². The Balaban J connectivity index is 1.65. The van der Waals surface area contributed by atoms with Crippen molar-refractivity contribution in [1.82, 2.24) is 9.55 Å². The molecule has 0 saturated carbocycles. The second kappa shape index (κ2) is 8.71. The van der Waals surface area contributed by atoms with Crippen LogP contribution in [0, 0.1) is 0 Å². The van der Waals surface area contributed by atoms with E-state index in [2.05, 4.69) is 0 Å². The molecule has 0 N–H and O–H groups in total. The van der Waals surface area contributed by atoms with Crippen LogP contribution >= 0.6 is 23.1 Å². The number of rotatable bonds is 7. The first-order valence-corrected chi connectivity index (χ1v) is 10.9. The van der Waals surface area contributed by atoms with Gasteiger partial charge in [-0.3, -0.25) is 9.36 Å². The number of hydrogen-bond acceptors (Lipinski definition) is 6. The first-order valence-electron chi connectivity index (χ1n) is 9.04. The van der Waals surface area contributed by atoms with Crippen LogP contribution in [0.3, 0.4) is 0 Å². The second-order valence-electron chi connectivity index (χ2n) is 6.41. The summed E-state index contributed by atoms with van der Waals surface area (Å²) in [5.41, 5.74) is 2.92. The zero-order valence-corrected chi connectivity index (χ0v) is 17.8. The highest BCUT2D eigenvalue weighted by Gasteiger charge is 2.13. The third kappa shape index (κ3) is 4.31. The van der Waals surface area contributed by atoms with Gasteiger partial charge in [-0.15, -0.1) is 11.3 Å². The minimum absolute atomic E-state index is 0.00181. The molecule has 0 amide bonds. The van der Waals surface area contributed by atoms with Gasteiger partial charge in [0.05, 0.1) is 26.3 Å². The van der Waals surface area contributed by atoms with Gasteiger partial charge in [-0.1, -0.05) is 36.0 Å². The number of benzene rings is 2. The number of thiophene rings is 1. The molecule has 5 nitrogen and oxygen atoms in total. The molecule has 29 heavy (non-hydrogen) atoms. The summed E-state index contributed by atoms with van der Waals surface area (Å²) in [7, 11) is 3.30. The fourth-order valence-corrected chi connectivity index (χ4v) is 4.69. The molecule has 0 aliphatic heterocycles. The molecule has 4 aromatic rings. The number of fused-ring (bicyclic) bond motifs is 1. The Kier molecular flexibility index (Phi) is 5.87. The number of nitrogens with zero attached hydrogens (tertiary/aromatic N) is 2. The molecular weight excluding hydrogens is 404 g/mol. The highest BCUT2D eigenvalue weighted by Crippen LogP contribution is 2.25. The van der Waals surface area contributed by atoms with Gasteiger partial charge in [-0.05, 0) is 46.8 Å². The summed E-state index contributed by atoms with van der Waals surface area (Å²) in [6, 6.07) is 17.6. The Labute approximate surface area is 176 Å². The zero-order valence-electron chi connectivity index (χ0n) is 16.1. The Hall–Kier alpha value is -2.77. The molecule has 0 spiro atoms. The Bertz CT molecular complexity index is 1170. The fraction of sp³-hybridized carbons (Fsp3) is 0.182. The van der Waals surface area contributed by atoms with Gasteiger partial charge in [0.1, 0.15) is 16.2 Å². The maximum absolute atomic E-state index is 13.1. The quantitative estimate of drug-likeness (QED) is 0.315. The molecule has 0 saturated heterocycles. The number of thioether (sulfide) groups is 1. The van der Waals surface area contributed by atoms with Crippen LogP contribution in [0.4, 0.5) is 0 Å². The third-order valence-corrected chi connectivity index (χ3v) is 6.50. The van der Waals surface area contributed by atoms with Crippen molar-refractivity contribution in [3.05, 3.63) is 81.5 Å². The smallest absolute Gasteiger partial charge is 0.272 e. The molecule has 0 radical (unpaired) electrons. The van der Waals surface area contributed by atoms with Crippen molar-refractivity contribution < 1.29 is 9.47 Å². The first-order chi connectivity index (χ1) is 14.2. The van der Waals surface area contributed by atoms with Crippen LogP contribution in [0.25, 0.3) is 10.2 Å². The topological polar surface area (TPSA) is 53.3 Å². The lowest BCUT2D eigenvalue weighted by Gasteiger charge is -2.13. The Morgan fingerprint density at radius 1 is 0.931 bits per heavy atom. The van der Waals surface area contributed by atoms with E-state index in [1.54, 1.807) is 30.5 Å². The van der Waals surface area contributed by atoms with Gasteiger partial charge < -0.3 is 9.47 Å². The van der Waals surface area contributed by atoms with E-state index >= 15 is 0 Å². The average Bonchev–Trinajstić information content (AvgIpc) is 3.24. The van der Waals surface area contributed by atoms with E-state index in [0.717, 1.165) is 28.1 Å². The lowest BCUT2D eigenvalue weighted by atomic mass is 10.2. The molecule has 0 atom stereocenters. The summed E-state index contributed by atoms with van der Waals surface area (Å²) in [4.78, 5) is 17.9. The summed E-state index contributed by atoms with van der Waals surface area (Å²) >= 11 is 3.00. The number of methoxy groups -OCH3 is 2. The molecule has 2 heterocycles. The van der Waals surface area contributed by atoms with Gasteiger partial charge in [0.25, 0.3) is 5.56 Å². The number of hydrogen-bond donors (Lipinski definition) is 0. The maximum Gasteiger partial charge on any atom is 0.272 e. The van der Waals surface area contributed by atoms with Crippen molar-refractivity contribution in [3.63, 3.8) is 0 Å². The Morgan fingerprint density at radius 3 is 2.17 bits per heavy atom. The summed E-state index contributed by atoms with van der Waals surface area (Å²) in [6.45, 7) is 0.467. The summed E-state index contributed by atoms with van der Waals surface area (Å²) in [6.07, 6.45) is 0. The van der Waals surface area contributed by atoms with Crippen LogP contribution in [0.15, 0.2) is 69.9 Å². The maximum atomic E-state index is 13.1. The van der Waals surface area contributed by atoms with Crippen LogP contribution < -0.4 is 15.0 Å². The third-order valence-electron chi connectivity index (χ3n) is 4.56. The van der Waals surface area contributed by atoms with Crippen molar-refractivity contribution in [2.75, 3.05) is 14.2 Å². The molecule has 2 aromatic carbocycles. The molecule has 0 aliphatic rings. The minimum atomic E-state index is -0.00181. The van der Waals surface area contributed by atoms with E-state index < -0.39 is 0 Å². The van der Waals surface area contributed by atoms with E-state index in [-0.39, 0.29) is 5.56 Å². The van der Waals surface area contributed by atoms with E-state index in [9.17, 15) is 4.79 Å². The SMILES string of the molecule is COc1ccc(CSc2nc3ccsc3c(=O)n2Cc2ccc(OC)cc2)cc1. The highest BCUT2D eigenvalue weighted by atomic mass is 32.2. The van der Waals surface area contributed by atoms with E-state index in [4.69, 9.17) is 14.5 Å². The van der Waals surface area contributed by atoms with E-state index in [1.165, 1.54) is 11.3 Å². The van der Waals surface area contributed by atoms with Crippen LogP contribution in [-0.2, 0) is 12.3 Å². The predicted octanol–water partition coefficient (Wildman–Crippen LogP) is 4.82. The standard InChI is InChI=1S/C22H20N2O3S2/c1-26-17-7-3-15(4-8-17)13-24-21(25)20-19(11-12-28-20)23-22(24)29-14-16-5-9-18(27-2)10-6-16/h3-12H,13-14H2,1-2H3. The Morgan fingerprint density at radius 2 is 1.55 bits per heavy atom. The summed E-state index contributed by atoms with van der Waals surface area (Å²) in [5.74, 6) is 2.34. The van der Waals surface area contributed by atoms with Gasteiger partial charge in [-0.25, -0.2) is 4.98 Å². The van der Waals surface area contributed by atoms with Crippen molar-refractivity contribution in [2.45, 2.75) is 17.5 Å².